The smallest absolute Gasteiger partial charge is 0.215 e. The van der Waals surface area contributed by atoms with Crippen LogP contribution in [0.5, 0.6) is 0 Å². The first-order valence-electron chi connectivity index (χ1n) is 10.2. The number of sulfonamides is 1. The molecule has 3 rings (SSSR count). The van der Waals surface area contributed by atoms with Crippen LogP contribution in [0.4, 0.5) is 5.82 Å². The minimum atomic E-state index is -3.29. The lowest BCUT2D eigenvalue weighted by Gasteiger charge is -2.37. The van der Waals surface area contributed by atoms with Gasteiger partial charge >= 0.3 is 0 Å². The third-order valence-corrected chi connectivity index (χ3v) is 6.29. The van der Waals surface area contributed by atoms with E-state index >= 15 is 0 Å². The Balaban J connectivity index is 0.00000341. The molecule has 0 unspecified atom stereocenters. The zero-order valence-corrected chi connectivity index (χ0v) is 21.1. The van der Waals surface area contributed by atoms with Gasteiger partial charge in [-0.25, -0.2) is 23.1 Å². The van der Waals surface area contributed by atoms with Crippen LogP contribution in [0.25, 0.3) is 0 Å². The van der Waals surface area contributed by atoms with E-state index in [-0.39, 0.29) is 29.7 Å². The highest BCUT2D eigenvalue weighted by Crippen LogP contribution is 2.13. The molecule has 0 saturated carbocycles. The number of nitrogens with zero attached hydrogens (tertiary/aromatic N) is 4. The van der Waals surface area contributed by atoms with Gasteiger partial charge in [0.1, 0.15) is 5.82 Å². The van der Waals surface area contributed by atoms with Crippen molar-refractivity contribution in [1.29, 1.82) is 0 Å². The van der Waals surface area contributed by atoms with E-state index in [9.17, 15) is 8.42 Å². The van der Waals surface area contributed by atoms with Crippen molar-refractivity contribution in [3.63, 3.8) is 0 Å². The third kappa shape index (κ3) is 7.62. The summed E-state index contributed by atoms with van der Waals surface area (Å²) in [5.41, 5.74) is 1.74. The molecule has 1 saturated heterocycles. The molecule has 2 heterocycles. The average Bonchev–Trinajstić information content (AvgIpc) is 2.77. The largest absolute Gasteiger partial charge is 0.357 e. The van der Waals surface area contributed by atoms with Crippen molar-refractivity contribution < 1.29 is 8.42 Å². The Hall–Kier alpha value is -1.92. The maximum absolute atomic E-state index is 11.8. The molecule has 1 aliphatic rings. The first-order chi connectivity index (χ1) is 14.5. The van der Waals surface area contributed by atoms with Gasteiger partial charge in [0.15, 0.2) is 5.96 Å². The van der Waals surface area contributed by atoms with Crippen molar-refractivity contribution in [3.05, 3.63) is 59.8 Å². The predicted octanol–water partition coefficient (Wildman–Crippen LogP) is 2.04. The van der Waals surface area contributed by atoms with Crippen molar-refractivity contribution in [1.82, 2.24) is 19.9 Å². The lowest BCUT2D eigenvalue weighted by atomic mass is 10.1. The van der Waals surface area contributed by atoms with E-state index in [0.29, 0.717) is 6.54 Å². The van der Waals surface area contributed by atoms with Crippen molar-refractivity contribution in [2.45, 2.75) is 19.2 Å². The number of nitrogens with one attached hydrogen (secondary N) is 2. The molecule has 8 nitrogen and oxygen atoms in total. The van der Waals surface area contributed by atoms with E-state index in [0.717, 1.165) is 55.6 Å². The summed E-state index contributed by atoms with van der Waals surface area (Å²) in [5, 5.41) is 3.38. The number of hydrogen-bond acceptors (Lipinski definition) is 5. The maximum atomic E-state index is 11.8. The van der Waals surface area contributed by atoms with Crippen LogP contribution >= 0.6 is 24.0 Å². The second-order valence-electron chi connectivity index (χ2n) is 7.12. The normalized spacial score (nSPS) is 14.8. The van der Waals surface area contributed by atoms with Crippen LogP contribution in [0.15, 0.2) is 53.7 Å². The van der Waals surface area contributed by atoms with Crippen molar-refractivity contribution in [3.8, 4) is 0 Å². The third-order valence-electron chi connectivity index (χ3n) is 4.96. The topological polar surface area (TPSA) is 89.9 Å². The molecular weight excluding hydrogens is 527 g/mol. The fraction of sp³-hybridized carbons (Fsp3) is 0.429. The zero-order chi connectivity index (χ0) is 21.4. The number of rotatable bonds is 7. The minimum Gasteiger partial charge on any atom is -0.357 e. The second kappa shape index (κ2) is 12.2. The van der Waals surface area contributed by atoms with Crippen LogP contribution < -0.4 is 14.9 Å². The molecule has 0 spiro atoms. The van der Waals surface area contributed by atoms with Crippen LogP contribution in [-0.2, 0) is 22.3 Å². The highest BCUT2D eigenvalue weighted by molar-refractivity contribution is 14.0. The number of anilines is 1. The van der Waals surface area contributed by atoms with Crippen LogP contribution in [0.2, 0.25) is 0 Å². The summed E-state index contributed by atoms with van der Waals surface area (Å²) < 4.78 is 26.0. The van der Waals surface area contributed by atoms with E-state index in [1.807, 2.05) is 48.7 Å². The minimum absolute atomic E-state index is 0. The maximum Gasteiger partial charge on any atom is 0.215 e. The summed E-state index contributed by atoms with van der Waals surface area (Å²) in [6, 6.07) is 13.6. The van der Waals surface area contributed by atoms with Crippen LogP contribution in [0.3, 0.4) is 0 Å². The molecule has 10 heteroatoms. The van der Waals surface area contributed by atoms with Crippen LogP contribution in [0.1, 0.15) is 18.1 Å². The molecule has 2 aromatic rings. The quantitative estimate of drug-likeness (QED) is 0.307. The Morgan fingerprint density at radius 3 is 2.48 bits per heavy atom. The number of piperazine rings is 1. The Morgan fingerprint density at radius 2 is 1.84 bits per heavy atom. The summed E-state index contributed by atoms with van der Waals surface area (Å²) in [6.45, 7) is 6.85. The lowest BCUT2D eigenvalue weighted by molar-refractivity contribution is 0.371. The van der Waals surface area contributed by atoms with Gasteiger partial charge < -0.3 is 15.1 Å². The Kier molecular flexibility index (Phi) is 9.97. The fourth-order valence-electron chi connectivity index (χ4n) is 3.39. The summed E-state index contributed by atoms with van der Waals surface area (Å²) >= 11 is 0. The molecule has 1 aliphatic heterocycles. The zero-order valence-electron chi connectivity index (χ0n) is 18.0. The average molecular weight is 558 g/mol. The molecule has 31 heavy (non-hydrogen) atoms. The van der Waals surface area contributed by atoms with E-state index in [1.54, 1.807) is 0 Å². The van der Waals surface area contributed by atoms with Gasteiger partial charge in [-0.2, -0.15) is 0 Å². The molecule has 2 N–H and O–H groups in total. The number of benzene rings is 1. The Labute approximate surface area is 202 Å². The molecule has 1 aromatic heterocycles. The molecule has 1 aromatic carbocycles. The van der Waals surface area contributed by atoms with Gasteiger partial charge in [-0.15, -0.1) is 24.0 Å². The Morgan fingerprint density at radius 1 is 1.10 bits per heavy atom. The lowest BCUT2D eigenvalue weighted by Crippen LogP contribution is -2.52. The number of pyridine rings is 1. The van der Waals surface area contributed by atoms with E-state index in [4.69, 9.17) is 4.99 Å². The first-order valence-corrected chi connectivity index (χ1v) is 11.8. The van der Waals surface area contributed by atoms with Crippen LogP contribution in [-0.4, -0.2) is 64.0 Å². The first kappa shape index (κ1) is 25.3. The van der Waals surface area contributed by atoms with E-state index in [2.05, 4.69) is 31.7 Å². The highest BCUT2D eigenvalue weighted by atomic mass is 127. The second-order valence-corrected chi connectivity index (χ2v) is 9.04. The summed E-state index contributed by atoms with van der Waals surface area (Å²) in [6.07, 6.45) is 1.82. The molecule has 0 atom stereocenters. The molecule has 0 radical (unpaired) electrons. The SMILES string of the molecule is CCNC(=NCc1cccc(CS(=O)(=O)NC)c1)N1CCN(c2ccccn2)CC1.I. The van der Waals surface area contributed by atoms with Gasteiger partial charge in [0.2, 0.25) is 10.0 Å². The van der Waals surface area contributed by atoms with E-state index < -0.39 is 10.0 Å². The fourth-order valence-corrected chi connectivity index (χ4v) is 4.15. The molecule has 0 aliphatic carbocycles. The monoisotopic (exact) mass is 558 g/mol. The molecule has 0 bridgehead atoms. The number of hydrogen-bond donors (Lipinski definition) is 2. The standard InChI is InChI=1S/C21H30N6O2S.HI/c1-3-23-21(27-13-11-26(12-14-27)20-9-4-5-10-24-20)25-16-18-7-6-8-19(15-18)17-30(28,29)22-2;/h4-10,15,22H,3,11-14,16-17H2,1-2H3,(H,23,25);1H. The number of aliphatic imine (C=N–C) groups is 1. The van der Waals surface area contributed by atoms with Crippen molar-refractivity contribution in [2.24, 2.45) is 4.99 Å². The number of aromatic nitrogens is 1. The highest BCUT2D eigenvalue weighted by Gasteiger charge is 2.20. The van der Waals surface area contributed by atoms with Gasteiger partial charge in [0.25, 0.3) is 0 Å². The summed E-state index contributed by atoms with van der Waals surface area (Å²) in [4.78, 5) is 13.8. The number of halogens is 1. The molecule has 0 amide bonds. The molecule has 170 valence electrons. The predicted molar refractivity (Wildman–Crippen MR) is 136 cm³/mol. The summed E-state index contributed by atoms with van der Waals surface area (Å²) in [7, 11) is -1.86. The van der Waals surface area contributed by atoms with Gasteiger partial charge in [-0.1, -0.05) is 30.3 Å². The van der Waals surface area contributed by atoms with Crippen molar-refractivity contribution in [2.75, 3.05) is 44.7 Å². The summed E-state index contributed by atoms with van der Waals surface area (Å²) in [5.74, 6) is 1.86. The van der Waals surface area contributed by atoms with E-state index in [1.165, 1.54) is 7.05 Å². The van der Waals surface area contributed by atoms with Gasteiger partial charge in [0.05, 0.1) is 12.3 Å². The number of guanidine groups is 1. The van der Waals surface area contributed by atoms with Gasteiger partial charge in [0, 0.05) is 38.9 Å². The van der Waals surface area contributed by atoms with Gasteiger partial charge in [-0.05, 0) is 37.2 Å². The van der Waals surface area contributed by atoms with Crippen molar-refractivity contribution >= 4 is 45.8 Å². The molecular formula is C21H31IN6O2S. The van der Waals surface area contributed by atoms with Crippen LogP contribution in [0, 0.1) is 0 Å². The Bertz CT molecular complexity index is 947. The van der Waals surface area contributed by atoms with Gasteiger partial charge in [-0.3, -0.25) is 0 Å². The molecule has 1 fully saturated rings.